The summed E-state index contributed by atoms with van der Waals surface area (Å²) in [6, 6.07) is 0. The van der Waals surface area contributed by atoms with E-state index in [2.05, 4.69) is 19.6 Å². The molecule has 0 spiro atoms. The van der Waals surface area contributed by atoms with Crippen LogP contribution in [-0.2, 0) is 0 Å². The third-order valence-corrected chi connectivity index (χ3v) is 1.09. The minimum Gasteiger partial charge on any atom is -0.0822 e. The molecule has 0 aliphatic rings. The molecule has 0 aliphatic carbocycles. The number of azide groups is 1. The average Bonchev–Trinajstić information content (AvgIpc) is 1.68. The smallest absolute Gasteiger partial charge is 0.0822 e. The molecule has 0 aromatic rings. The summed E-state index contributed by atoms with van der Waals surface area (Å²) in [5.74, 6) is 0. The van der Waals surface area contributed by atoms with Crippen molar-refractivity contribution in [2.75, 3.05) is 0 Å². The number of hydrogen-bond donors (Lipinski definition) is 0. The standard InChI is InChI=1S/ClN6P/c1-8(6-4-2)7-5-3. The minimum absolute atomic E-state index is 1.69. The fourth-order valence-electron chi connectivity index (χ4n) is 0.0839. The van der Waals surface area contributed by atoms with Crippen LogP contribution in [0.4, 0.5) is 0 Å². The Morgan fingerprint density at radius 3 is 1.88 bits per heavy atom. The Balaban J connectivity index is 3.82. The van der Waals surface area contributed by atoms with Gasteiger partial charge in [-0.15, -0.1) is 0 Å². The second-order valence-electron chi connectivity index (χ2n) is 0.598. The minimum atomic E-state index is -1.69. The van der Waals surface area contributed by atoms with Gasteiger partial charge in [0.25, 0.3) is 0 Å². The van der Waals surface area contributed by atoms with E-state index in [1.54, 1.807) is 0 Å². The van der Waals surface area contributed by atoms with E-state index in [1.165, 1.54) is 0 Å². The topological polar surface area (TPSA) is 97.5 Å². The second kappa shape index (κ2) is 4.50. The van der Waals surface area contributed by atoms with Crippen LogP contribution in [0.1, 0.15) is 0 Å². The SMILES string of the molecule is [N-]=[N+]=NP(Cl)N=[N+]=[N-]. The number of rotatable bonds is 2. The molecule has 8 heteroatoms. The highest BCUT2D eigenvalue weighted by molar-refractivity contribution is 7.81. The van der Waals surface area contributed by atoms with Gasteiger partial charge in [0.2, 0.25) is 0 Å². The molecule has 0 unspecified atom stereocenters. The first-order valence-electron chi connectivity index (χ1n) is 1.37. The van der Waals surface area contributed by atoms with Crippen LogP contribution in [0.3, 0.4) is 0 Å². The monoisotopic (exact) mass is 150 g/mol. The van der Waals surface area contributed by atoms with Crippen LogP contribution in [0.2, 0.25) is 0 Å². The molecular formula is ClN6P. The van der Waals surface area contributed by atoms with Gasteiger partial charge >= 0.3 is 0 Å². The lowest BCUT2D eigenvalue weighted by molar-refractivity contribution is 1.67. The second-order valence-corrected chi connectivity index (χ2v) is 2.34. The molecular weight excluding hydrogens is 150 g/mol. The number of hydrogen-bond acceptors (Lipinski definition) is 2. The summed E-state index contributed by atoms with van der Waals surface area (Å²) in [5, 5.41) is 0. The first-order chi connectivity index (χ1) is 3.81. The summed E-state index contributed by atoms with van der Waals surface area (Å²) >= 11 is 5.11. The average molecular weight is 150 g/mol. The molecule has 0 aromatic heterocycles. The van der Waals surface area contributed by atoms with Crippen LogP contribution < -0.4 is 0 Å². The Kier molecular flexibility index (Phi) is 4.13. The summed E-state index contributed by atoms with van der Waals surface area (Å²) < 4.78 is 0. The number of halogens is 1. The predicted octanol–water partition coefficient (Wildman–Crippen LogP) is 3.07. The van der Waals surface area contributed by atoms with Crippen molar-refractivity contribution in [2.24, 2.45) is 9.77 Å². The molecule has 0 N–H and O–H groups in total. The lowest BCUT2D eigenvalue weighted by Gasteiger charge is -1.80. The molecule has 0 bridgehead atoms. The molecule has 0 amide bonds. The molecule has 0 saturated carbocycles. The maximum Gasteiger partial charge on any atom is 0.174 e. The van der Waals surface area contributed by atoms with E-state index >= 15 is 0 Å². The van der Waals surface area contributed by atoms with Gasteiger partial charge in [0, 0.05) is 9.82 Å². The summed E-state index contributed by atoms with van der Waals surface area (Å²) in [6.45, 7) is 0. The highest BCUT2D eigenvalue weighted by atomic mass is 35.7. The van der Waals surface area contributed by atoms with Crippen molar-refractivity contribution in [1.82, 2.24) is 0 Å². The predicted molar refractivity (Wildman–Crippen MR) is 31.1 cm³/mol. The zero-order valence-corrected chi connectivity index (χ0v) is 5.16. The van der Waals surface area contributed by atoms with Crippen LogP contribution in [0.15, 0.2) is 9.77 Å². The van der Waals surface area contributed by atoms with Gasteiger partial charge in [-0.2, -0.15) is 0 Å². The van der Waals surface area contributed by atoms with Gasteiger partial charge in [-0.3, -0.25) is 0 Å². The third kappa shape index (κ3) is 3.53. The largest absolute Gasteiger partial charge is 0.174 e. The normalized spacial score (nSPS) is 10.6. The Labute approximate surface area is 50.3 Å². The van der Waals surface area contributed by atoms with Crippen molar-refractivity contribution in [1.29, 1.82) is 0 Å². The molecule has 0 rings (SSSR count). The highest BCUT2D eigenvalue weighted by Gasteiger charge is 1.90. The van der Waals surface area contributed by atoms with E-state index < -0.39 is 7.58 Å². The van der Waals surface area contributed by atoms with Crippen LogP contribution in [-0.4, -0.2) is 0 Å². The van der Waals surface area contributed by atoms with Crippen LogP contribution >= 0.6 is 18.8 Å². The van der Waals surface area contributed by atoms with E-state index in [1.807, 2.05) is 0 Å². The Morgan fingerprint density at radius 2 is 1.62 bits per heavy atom. The summed E-state index contributed by atoms with van der Waals surface area (Å²) in [5.41, 5.74) is 15.3. The fourth-order valence-corrected chi connectivity index (χ4v) is 0.433. The zero-order chi connectivity index (χ0) is 6.41. The zero-order valence-electron chi connectivity index (χ0n) is 3.51. The van der Waals surface area contributed by atoms with Gasteiger partial charge in [-0.25, -0.2) is 0 Å². The van der Waals surface area contributed by atoms with Gasteiger partial charge in [0.05, 0.1) is 0 Å². The molecule has 0 heterocycles. The maximum atomic E-state index is 7.67. The van der Waals surface area contributed by atoms with E-state index in [0.717, 1.165) is 0 Å². The van der Waals surface area contributed by atoms with E-state index in [9.17, 15) is 0 Å². The lowest BCUT2D eigenvalue weighted by Crippen LogP contribution is -1.35. The van der Waals surface area contributed by atoms with Gasteiger partial charge in [0.1, 0.15) is 0 Å². The summed E-state index contributed by atoms with van der Waals surface area (Å²) in [4.78, 5) is 10.4. The van der Waals surface area contributed by atoms with Crippen LogP contribution in [0.5, 0.6) is 0 Å². The van der Waals surface area contributed by atoms with Crippen molar-refractivity contribution in [3.8, 4) is 0 Å². The van der Waals surface area contributed by atoms with Gasteiger partial charge in [-0.1, -0.05) is 11.2 Å². The van der Waals surface area contributed by atoms with Crippen molar-refractivity contribution < 1.29 is 0 Å². The molecule has 0 atom stereocenters. The quantitative estimate of drug-likeness (QED) is 0.250. The van der Waals surface area contributed by atoms with Gasteiger partial charge in [-0.05, 0) is 20.8 Å². The molecule has 0 saturated heterocycles. The molecule has 0 radical (unpaired) electrons. The Morgan fingerprint density at radius 1 is 1.25 bits per heavy atom. The van der Waals surface area contributed by atoms with Gasteiger partial charge < -0.3 is 0 Å². The van der Waals surface area contributed by atoms with Crippen molar-refractivity contribution in [3.63, 3.8) is 0 Å². The summed E-state index contributed by atoms with van der Waals surface area (Å²) in [6.07, 6.45) is 0. The highest BCUT2D eigenvalue weighted by Crippen LogP contribution is 2.44. The van der Waals surface area contributed by atoms with Gasteiger partial charge in [0.15, 0.2) is 7.58 Å². The van der Waals surface area contributed by atoms with E-state index in [0.29, 0.717) is 0 Å². The molecule has 8 heavy (non-hydrogen) atoms. The number of nitrogens with zero attached hydrogens (tertiary/aromatic N) is 6. The van der Waals surface area contributed by atoms with Crippen molar-refractivity contribution >= 4 is 18.8 Å². The first kappa shape index (κ1) is 7.34. The van der Waals surface area contributed by atoms with E-state index in [4.69, 9.17) is 22.3 Å². The Bertz CT molecular complexity index is 132. The van der Waals surface area contributed by atoms with Crippen LogP contribution in [0.25, 0.3) is 20.9 Å². The molecule has 0 aromatic carbocycles. The lowest BCUT2D eigenvalue weighted by atomic mass is 13.0. The molecule has 0 fully saturated rings. The summed E-state index contributed by atoms with van der Waals surface area (Å²) in [7, 11) is -1.69. The Hall–Kier alpha value is -0.660. The third-order valence-electron chi connectivity index (χ3n) is 0.228. The molecule has 0 aliphatic heterocycles. The van der Waals surface area contributed by atoms with Crippen LogP contribution in [0, 0.1) is 0 Å². The fraction of sp³-hybridized carbons (Fsp3) is 0. The van der Waals surface area contributed by atoms with Crippen molar-refractivity contribution in [3.05, 3.63) is 20.9 Å². The molecule has 42 valence electrons. The van der Waals surface area contributed by atoms with E-state index in [-0.39, 0.29) is 0 Å². The molecule has 6 nitrogen and oxygen atoms in total. The van der Waals surface area contributed by atoms with Crippen molar-refractivity contribution in [2.45, 2.75) is 0 Å². The maximum absolute atomic E-state index is 7.67. The first-order valence-corrected chi connectivity index (χ1v) is 3.52.